The number of aliphatic carboxylic acids is 1. The molecule has 1 aliphatic rings. The topological polar surface area (TPSA) is 46.5 Å². The highest BCUT2D eigenvalue weighted by atomic mass is 16.5. The summed E-state index contributed by atoms with van der Waals surface area (Å²) in [6.07, 6.45) is 9.03. The number of carboxylic acid groups (broad SMARTS) is 1. The van der Waals surface area contributed by atoms with Crippen LogP contribution in [0.4, 0.5) is 0 Å². The zero-order valence-corrected chi connectivity index (χ0v) is 11.5. The normalized spacial score (nSPS) is 19.2. The predicted molar refractivity (Wildman–Crippen MR) is 78.3 cm³/mol. The number of carboxylic acids is 1. The number of carbonyl (C=O) groups is 1. The van der Waals surface area contributed by atoms with Crippen LogP contribution in [0.25, 0.3) is 0 Å². The van der Waals surface area contributed by atoms with Crippen LogP contribution in [0.3, 0.4) is 0 Å². The molecule has 0 spiro atoms. The Morgan fingerprint density at radius 3 is 2.60 bits per heavy atom. The molecule has 0 bridgehead atoms. The number of hydrogen-bond acceptors (Lipinski definition) is 2. The zero-order chi connectivity index (χ0) is 14.2. The average molecular weight is 272 g/mol. The van der Waals surface area contributed by atoms with Gasteiger partial charge >= 0.3 is 5.97 Å². The fourth-order valence-corrected chi connectivity index (χ4v) is 2.35. The largest absolute Gasteiger partial charge is 0.478 e. The molecule has 1 saturated carbocycles. The molecule has 1 fully saturated rings. The maximum atomic E-state index is 10.4. The summed E-state index contributed by atoms with van der Waals surface area (Å²) in [5.74, 6) is -0.901. The summed E-state index contributed by atoms with van der Waals surface area (Å²) in [5, 5.41) is 8.53. The molecule has 1 aliphatic carbocycles. The first-order valence-electron chi connectivity index (χ1n) is 6.98. The van der Waals surface area contributed by atoms with Crippen molar-refractivity contribution in [2.24, 2.45) is 0 Å². The maximum Gasteiger partial charge on any atom is 0.328 e. The zero-order valence-electron chi connectivity index (χ0n) is 11.5. The third kappa shape index (κ3) is 5.02. The molecule has 0 amide bonds. The van der Waals surface area contributed by atoms with E-state index in [4.69, 9.17) is 9.84 Å². The van der Waals surface area contributed by atoms with E-state index in [9.17, 15) is 4.79 Å². The lowest BCUT2D eigenvalue weighted by atomic mass is 9.92. The first-order chi connectivity index (χ1) is 9.74. The number of benzene rings is 1. The van der Waals surface area contributed by atoms with Crippen molar-refractivity contribution in [2.45, 2.75) is 38.4 Å². The van der Waals surface area contributed by atoms with Crippen LogP contribution >= 0.6 is 0 Å². The fraction of sp³-hybridized carbons (Fsp3) is 0.353. The van der Waals surface area contributed by atoms with E-state index in [-0.39, 0.29) is 0 Å². The summed E-state index contributed by atoms with van der Waals surface area (Å²) in [6.45, 7) is 0.670. The first kappa shape index (κ1) is 14.5. The highest BCUT2D eigenvalue weighted by molar-refractivity contribution is 5.80. The van der Waals surface area contributed by atoms with E-state index < -0.39 is 5.97 Å². The van der Waals surface area contributed by atoms with Crippen LogP contribution < -0.4 is 0 Å². The van der Waals surface area contributed by atoms with Gasteiger partial charge in [-0.1, -0.05) is 48.1 Å². The van der Waals surface area contributed by atoms with Crippen molar-refractivity contribution in [3.63, 3.8) is 0 Å². The molecule has 106 valence electrons. The SMILES string of the molecule is O=C(O)/C=C/C=C1CCC(OCc2ccccc2)CC1. The Bertz CT molecular complexity index is 478. The van der Waals surface area contributed by atoms with Crippen LogP contribution in [0.15, 0.2) is 54.1 Å². The molecule has 1 aromatic rings. The number of allylic oxidation sites excluding steroid dienone is 3. The van der Waals surface area contributed by atoms with Crippen LogP contribution in [0, 0.1) is 0 Å². The van der Waals surface area contributed by atoms with Gasteiger partial charge in [0.2, 0.25) is 0 Å². The second-order valence-corrected chi connectivity index (χ2v) is 5.02. The van der Waals surface area contributed by atoms with E-state index in [0.29, 0.717) is 12.7 Å². The van der Waals surface area contributed by atoms with Crippen molar-refractivity contribution in [1.82, 2.24) is 0 Å². The maximum absolute atomic E-state index is 10.4. The van der Waals surface area contributed by atoms with Crippen molar-refractivity contribution >= 4 is 5.97 Å². The van der Waals surface area contributed by atoms with E-state index >= 15 is 0 Å². The lowest BCUT2D eigenvalue weighted by Crippen LogP contribution is -2.17. The van der Waals surface area contributed by atoms with E-state index in [1.165, 1.54) is 17.2 Å². The van der Waals surface area contributed by atoms with Gasteiger partial charge in [0.25, 0.3) is 0 Å². The first-order valence-corrected chi connectivity index (χ1v) is 6.98. The van der Waals surface area contributed by atoms with Crippen molar-refractivity contribution in [3.8, 4) is 0 Å². The molecule has 0 atom stereocenters. The Morgan fingerprint density at radius 1 is 1.25 bits per heavy atom. The summed E-state index contributed by atoms with van der Waals surface area (Å²) in [5.41, 5.74) is 2.51. The molecule has 1 N–H and O–H groups in total. The van der Waals surface area contributed by atoms with Gasteiger partial charge in [0.05, 0.1) is 12.7 Å². The van der Waals surface area contributed by atoms with Gasteiger partial charge in [-0.25, -0.2) is 4.79 Å². The Labute approximate surface area is 119 Å². The fourth-order valence-electron chi connectivity index (χ4n) is 2.35. The van der Waals surface area contributed by atoms with Crippen molar-refractivity contribution in [2.75, 3.05) is 0 Å². The Kier molecular flexibility index (Phi) is 5.56. The summed E-state index contributed by atoms with van der Waals surface area (Å²) in [6, 6.07) is 10.2. The van der Waals surface area contributed by atoms with E-state index in [0.717, 1.165) is 25.7 Å². The van der Waals surface area contributed by atoms with Gasteiger partial charge < -0.3 is 9.84 Å². The minimum absolute atomic E-state index is 0.316. The highest BCUT2D eigenvalue weighted by Crippen LogP contribution is 2.26. The quantitative estimate of drug-likeness (QED) is 0.831. The van der Waals surface area contributed by atoms with Crippen LogP contribution in [0.5, 0.6) is 0 Å². The molecule has 20 heavy (non-hydrogen) atoms. The number of hydrogen-bond donors (Lipinski definition) is 1. The minimum Gasteiger partial charge on any atom is -0.478 e. The molecule has 3 heteroatoms. The van der Waals surface area contributed by atoms with Gasteiger partial charge in [0, 0.05) is 6.08 Å². The Balaban J connectivity index is 1.73. The van der Waals surface area contributed by atoms with Gasteiger partial charge in [-0.15, -0.1) is 0 Å². The average Bonchev–Trinajstić information content (AvgIpc) is 2.47. The van der Waals surface area contributed by atoms with Crippen molar-refractivity contribution in [3.05, 3.63) is 59.7 Å². The smallest absolute Gasteiger partial charge is 0.328 e. The Morgan fingerprint density at radius 2 is 1.95 bits per heavy atom. The van der Waals surface area contributed by atoms with Gasteiger partial charge in [-0.2, -0.15) is 0 Å². The van der Waals surface area contributed by atoms with Crippen LogP contribution in [-0.2, 0) is 16.1 Å². The van der Waals surface area contributed by atoms with Gasteiger partial charge in [0.1, 0.15) is 0 Å². The van der Waals surface area contributed by atoms with E-state index in [2.05, 4.69) is 12.1 Å². The molecule has 0 radical (unpaired) electrons. The molecule has 0 heterocycles. The Hall–Kier alpha value is -1.87. The lowest BCUT2D eigenvalue weighted by Gasteiger charge is -2.24. The highest BCUT2D eigenvalue weighted by Gasteiger charge is 2.16. The predicted octanol–water partition coefficient (Wildman–Crippen LogP) is 3.71. The van der Waals surface area contributed by atoms with Crippen LogP contribution in [-0.4, -0.2) is 17.2 Å². The second kappa shape index (κ2) is 7.65. The van der Waals surface area contributed by atoms with E-state index in [1.54, 1.807) is 6.08 Å². The summed E-state index contributed by atoms with van der Waals surface area (Å²) in [4.78, 5) is 10.4. The van der Waals surface area contributed by atoms with Crippen LogP contribution in [0.1, 0.15) is 31.2 Å². The molecule has 1 aromatic carbocycles. The molecule has 2 rings (SSSR count). The van der Waals surface area contributed by atoms with Gasteiger partial charge in [-0.05, 0) is 31.2 Å². The lowest BCUT2D eigenvalue weighted by molar-refractivity contribution is -0.131. The molecule has 0 unspecified atom stereocenters. The minimum atomic E-state index is -0.901. The molecule has 0 aromatic heterocycles. The second-order valence-electron chi connectivity index (χ2n) is 5.02. The summed E-state index contributed by atoms with van der Waals surface area (Å²) >= 11 is 0. The molecular formula is C17H20O3. The molecular weight excluding hydrogens is 252 g/mol. The molecule has 0 saturated heterocycles. The summed E-state index contributed by atoms with van der Waals surface area (Å²) in [7, 11) is 0. The van der Waals surface area contributed by atoms with Crippen LogP contribution in [0.2, 0.25) is 0 Å². The third-order valence-electron chi connectivity index (χ3n) is 3.47. The molecule has 0 aliphatic heterocycles. The number of ether oxygens (including phenoxy) is 1. The summed E-state index contributed by atoms with van der Waals surface area (Å²) < 4.78 is 5.92. The van der Waals surface area contributed by atoms with Crippen molar-refractivity contribution < 1.29 is 14.6 Å². The number of rotatable bonds is 5. The monoisotopic (exact) mass is 272 g/mol. The van der Waals surface area contributed by atoms with Crippen molar-refractivity contribution in [1.29, 1.82) is 0 Å². The molecule has 3 nitrogen and oxygen atoms in total. The third-order valence-corrected chi connectivity index (χ3v) is 3.47. The van der Waals surface area contributed by atoms with Gasteiger partial charge in [0.15, 0.2) is 0 Å². The van der Waals surface area contributed by atoms with Gasteiger partial charge in [-0.3, -0.25) is 0 Å². The van der Waals surface area contributed by atoms with E-state index in [1.807, 2.05) is 24.3 Å². The standard InChI is InChI=1S/C17H20O3/c18-17(19)8-4-7-14-9-11-16(12-10-14)20-13-15-5-2-1-3-6-15/h1-8,16H,9-13H2,(H,18,19)/b8-4+,14-7?.